The first-order valence-electron chi connectivity index (χ1n) is 5.97. The van der Waals surface area contributed by atoms with Gasteiger partial charge in [-0.15, -0.1) is 11.3 Å². The second-order valence-electron chi connectivity index (χ2n) is 4.38. The van der Waals surface area contributed by atoms with Crippen LogP contribution in [-0.4, -0.2) is 12.5 Å². The van der Waals surface area contributed by atoms with Crippen molar-refractivity contribution in [3.63, 3.8) is 0 Å². The van der Waals surface area contributed by atoms with E-state index in [9.17, 15) is 4.79 Å². The van der Waals surface area contributed by atoms with Crippen molar-refractivity contribution in [1.29, 1.82) is 0 Å². The summed E-state index contributed by atoms with van der Waals surface area (Å²) < 4.78 is 5.60. The van der Waals surface area contributed by atoms with Crippen molar-refractivity contribution >= 4 is 17.2 Å². The number of ether oxygens (including phenoxy) is 1. The summed E-state index contributed by atoms with van der Waals surface area (Å²) in [6.07, 6.45) is 5.28. The molecule has 2 rings (SSSR count). The summed E-state index contributed by atoms with van der Waals surface area (Å²) >= 11 is 1.43. The lowest BCUT2D eigenvalue weighted by Gasteiger charge is -2.24. The third-order valence-electron chi connectivity index (χ3n) is 3.16. The van der Waals surface area contributed by atoms with Gasteiger partial charge in [0.15, 0.2) is 0 Å². The molecule has 0 aromatic carbocycles. The maximum atomic E-state index is 11.2. The fourth-order valence-corrected chi connectivity index (χ4v) is 2.70. The van der Waals surface area contributed by atoms with Crippen LogP contribution in [0.1, 0.15) is 40.2 Å². The van der Waals surface area contributed by atoms with E-state index >= 15 is 0 Å². The molecular weight excluding hydrogens is 236 g/mol. The lowest BCUT2D eigenvalue weighted by molar-refractivity contribution is 0.0957. The van der Waals surface area contributed by atoms with E-state index in [4.69, 9.17) is 10.6 Å². The van der Waals surface area contributed by atoms with Crippen molar-refractivity contribution in [2.24, 2.45) is 11.8 Å². The molecule has 94 valence electrons. The number of amides is 1. The Balaban J connectivity index is 1.67. The molecule has 0 saturated heterocycles. The van der Waals surface area contributed by atoms with Gasteiger partial charge in [-0.1, -0.05) is 19.3 Å². The Morgan fingerprint density at radius 1 is 1.53 bits per heavy atom. The summed E-state index contributed by atoms with van der Waals surface area (Å²) in [5.74, 6) is 5.71. The molecule has 0 spiro atoms. The molecule has 5 heteroatoms. The maximum Gasteiger partial charge on any atom is 0.275 e. The van der Waals surface area contributed by atoms with Gasteiger partial charge >= 0.3 is 0 Å². The highest BCUT2D eigenvalue weighted by Gasteiger charge is 2.16. The molecule has 1 aromatic heterocycles. The predicted molar refractivity (Wildman–Crippen MR) is 67.6 cm³/mol. The average molecular weight is 254 g/mol. The molecule has 1 heterocycles. The van der Waals surface area contributed by atoms with E-state index in [0.717, 1.165) is 17.4 Å². The Morgan fingerprint density at radius 2 is 2.35 bits per heavy atom. The zero-order valence-corrected chi connectivity index (χ0v) is 10.6. The van der Waals surface area contributed by atoms with Crippen molar-refractivity contribution in [1.82, 2.24) is 5.43 Å². The summed E-state index contributed by atoms with van der Waals surface area (Å²) in [6.45, 7) is 1.41. The van der Waals surface area contributed by atoms with Gasteiger partial charge in [-0.2, -0.15) is 0 Å². The minimum absolute atomic E-state index is 0.240. The van der Waals surface area contributed by atoms with Crippen molar-refractivity contribution < 1.29 is 9.53 Å². The Morgan fingerprint density at radius 3 is 3.00 bits per heavy atom. The molecule has 1 fully saturated rings. The number of nitrogen functional groups attached to an aromatic ring is 1. The largest absolute Gasteiger partial charge is 0.376 e. The number of nitrogens with two attached hydrogens (primary N) is 1. The standard InChI is InChI=1S/C12H18N2O2S/c13-14-12(15)11-5-4-10(17-11)8-16-7-6-9-2-1-3-9/h4-5,9H,1-3,6-8,13H2,(H,14,15). The van der Waals surface area contributed by atoms with Gasteiger partial charge < -0.3 is 4.74 Å². The molecule has 0 unspecified atom stereocenters. The number of rotatable bonds is 6. The fraction of sp³-hybridized carbons (Fsp3) is 0.583. The molecule has 1 amide bonds. The smallest absolute Gasteiger partial charge is 0.275 e. The van der Waals surface area contributed by atoms with E-state index in [1.165, 1.54) is 37.0 Å². The van der Waals surface area contributed by atoms with Crippen molar-refractivity contribution in [3.05, 3.63) is 21.9 Å². The van der Waals surface area contributed by atoms with Crippen LogP contribution < -0.4 is 11.3 Å². The van der Waals surface area contributed by atoms with Crippen molar-refractivity contribution in [2.45, 2.75) is 32.3 Å². The Labute approximate surface area is 105 Å². The van der Waals surface area contributed by atoms with E-state index in [1.807, 2.05) is 6.07 Å². The molecule has 4 nitrogen and oxygen atoms in total. The molecular formula is C12H18N2O2S. The van der Waals surface area contributed by atoms with Crippen LogP contribution >= 0.6 is 11.3 Å². The molecule has 1 aliphatic rings. The molecule has 1 aromatic rings. The van der Waals surface area contributed by atoms with Crippen molar-refractivity contribution in [3.8, 4) is 0 Å². The third-order valence-corrected chi connectivity index (χ3v) is 4.21. The molecule has 17 heavy (non-hydrogen) atoms. The van der Waals surface area contributed by atoms with Crippen LogP contribution in [0.3, 0.4) is 0 Å². The zero-order valence-electron chi connectivity index (χ0n) is 9.78. The topological polar surface area (TPSA) is 64.3 Å². The normalized spacial score (nSPS) is 15.6. The van der Waals surface area contributed by atoms with Gasteiger partial charge in [-0.3, -0.25) is 10.2 Å². The van der Waals surface area contributed by atoms with Crippen LogP contribution in [0, 0.1) is 5.92 Å². The molecule has 1 saturated carbocycles. The van der Waals surface area contributed by atoms with Crippen LogP contribution in [0.25, 0.3) is 0 Å². The van der Waals surface area contributed by atoms with Gasteiger partial charge in [0.2, 0.25) is 0 Å². The van der Waals surface area contributed by atoms with Gasteiger partial charge in [-0.25, -0.2) is 5.84 Å². The number of hydrogen-bond acceptors (Lipinski definition) is 4. The van der Waals surface area contributed by atoms with Gasteiger partial charge in [0, 0.05) is 11.5 Å². The molecule has 0 atom stereocenters. The summed E-state index contributed by atoms with van der Waals surface area (Å²) in [5, 5.41) is 0. The van der Waals surface area contributed by atoms with E-state index in [0.29, 0.717) is 11.5 Å². The highest BCUT2D eigenvalue weighted by atomic mass is 32.1. The van der Waals surface area contributed by atoms with Crippen LogP contribution in [0.15, 0.2) is 12.1 Å². The summed E-state index contributed by atoms with van der Waals surface area (Å²) in [6, 6.07) is 3.69. The minimum Gasteiger partial charge on any atom is -0.376 e. The second-order valence-corrected chi connectivity index (χ2v) is 5.55. The van der Waals surface area contributed by atoms with Gasteiger partial charge in [0.1, 0.15) is 0 Å². The SMILES string of the molecule is NNC(=O)c1ccc(COCCC2CCC2)s1. The van der Waals surface area contributed by atoms with Crippen LogP contribution in [-0.2, 0) is 11.3 Å². The van der Waals surface area contributed by atoms with Crippen LogP contribution in [0.5, 0.6) is 0 Å². The second kappa shape index (κ2) is 6.14. The Kier molecular flexibility index (Phi) is 4.53. The highest BCUT2D eigenvalue weighted by molar-refractivity contribution is 7.14. The first-order chi connectivity index (χ1) is 8.29. The van der Waals surface area contributed by atoms with E-state index in [-0.39, 0.29) is 5.91 Å². The van der Waals surface area contributed by atoms with Gasteiger partial charge in [0.05, 0.1) is 11.5 Å². The number of nitrogens with one attached hydrogen (secondary N) is 1. The molecule has 0 radical (unpaired) electrons. The Hall–Kier alpha value is -0.910. The summed E-state index contributed by atoms with van der Waals surface area (Å²) in [4.78, 5) is 12.9. The predicted octanol–water partition coefficient (Wildman–Crippen LogP) is 2.06. The average Bonchev–Trinajstić information content (AvgIpc) is 2.74. The van der Waals surface area contributed by atoms with E-state index < -0.39 is 0 Å². The maximum absolute atomic E-state index is 11.2. The summed E-state index contributed by atoms with van der Waals surface area (Å²) in [5.41, 5.74) is 2.12. The lowest BCUT2D eigenvalue weighted by Crippen LogP contribution is -2.29. The van der Waals surface area contributed by atoms with E-state index in [1.54, 1.807) is 6.07 Å². The quantitative estimate of drug-likeness (QED) is 0.353. The van der Waals surface area contributed by atoms with E-state index in [2.05, 4.69) is 5.43 Å². The minimum atomic E-state index is -0.240. The monoisotopic (exact) mass is 254 g/mol. The summed E-state index contributed by atoms with van der Waals surface area (Å²) in [7, 11) is 0. The fourth-order valence-electron chi connectivity index (χ4n) is 1.85. The lowest BCUT2D eigenvalue weighted by atomic mass is 9.83. The number of thiophene rings is 1. The number of hydrogen-bond donors (Lipinski definition) is 2. The van der Waals surface area contributed by atoms with Crippen LogP contribution in [0.4, 0.5) is 0 Å². The molecule has 3 N–H and O–H groups in total. The number of carbonyl (C=O) groups excluding carboxylic acids is 1. The first kappa shape index (κ1) is 12.5. The third kappa shape index (κ3) is 3.52. The first-order valence-corrected chi connectivity index (χ1v) is 6.78. The molecule has 1 aliphatic carbocycles. The number of carbonyl (C=O) groups is 1. The Bertz CT molecular complexity index is 374. The number of hydrazine groups is 1. The highest BCUT2D eigenvalue weighted by Crippen LogP contribution is 2.29. The van der Waals surface area contributed by atoms with Crippen LogP contribution in [0.2, 0.25) is 0 Å². The zero-order chi connectivity index (χ0) is 12.1. The van der Waals surface area contributed by atoms with Crippen molar-refractivity contribution in [2.75, 3.05) is 6.61 Å². The van der Waals surface area contributed by atoms with Gasteiger partial charge in [0.25, 0.3) is 5.91 Å². The van der Waals surface area contributed by atoms with Gasteiger partial charge in [-0.05, 0) is 24.5 Å². The molecule has 0 aliphatic heterocycles. The molecule has 0 bridgehead atoms.